The zero-order chi connectivity index (χ0) is 25.9. The van der Waals surface area contributed by atoms with Crippen molar-refractivity contribution in [3.05, 3.63) is 60.7 Å². The summed E-state index contributed by atoms with van der Waals surface area (Å²) >= 11 is 0. The van der Waals surface area contributed by atoms with E-state index in [4.69, 9.17) is 4.74 Å². The molecule has 0 bridgehead atoms. The van der Waals surface area contributed by atoms with Crippen molar-refractivity contribution in [2.75, 3.05) is 27.2 Å². The molecule has 1 aromatic rings. The van der Waals surface area contributed by atoms with E-state index in [0.717, 1.165) is 11.1 Å². The van der Waals surface area contributed by atoms with E-state index >= 15 is 0 Å². The van der Waals surface area contributed by atoms with Gasteiger partial charge in [-0.2, -0.15) is 0 Å². The van der Waals surface area contributed by atoms with E-state index in [0.29, 0.717) is 25.8 Å². The molecule has 0 unspecified atom stereocenters. The Labute approximate surface area is 204 Å². The summed E-state index contributed by atoms with van der Waals surface area (Å²) in [4.78, 5) is 42.5. The molecule has 0 aromatic heterocycles. The second-order valence-electron chi connectivity index (χ2n) is 9.46. The number of rotatable bonds is 13. The van der Waals surface area contributed by atoms with Crippen LogP contribution in [0.3, 0.4) is 0 Å². The maximum Gasteiger partial charge on any atom is 0.326 e. The minimum atomic E-state index is -0.789. The van der Waals surface area contributed by atoms with Gasteiger partial charge < -0.3 is 19.9 Å². The van der Waals surface area contributed by atoms with Crippen LogP contribution in [-0.2, 0) is 25.5 Å². The van der Waals surface area contributed by atoms with Crippen molar-refractivity contribution in [1.82, 2.24) is 15.1 Å². The molecule has 0 aliphatic carbocycles. The third kappa shape index (κ3) is 9.51. The molecular formula is C27H41N3O4. The number of nitrogens with one attached hydrogen (secondary N) is 1. The first kappa shape index (κ1) is 29.1. The van der Waals surface area contributed by atoms with Crippen LogP contribution in [0.5, 0.6) is 0 Å². The van der Waals surface area contributed by atoms with Crippen LogP contribution in [0.25, 0.3) is 0 Å². The number of hydrogen-bond acceptors (Lipinski definition) is 5. The van der Waals surface area contributed by atoms with Gasteiger partial charge in [0.15, 0.2) is 0 Å². The van der Waals surface area contributed by atoms with Crippen molar-refractivity contribution in [3.63, 3.8) is 0 Å². The van der Waals surface area contributed by atoms with Crippen LogP contribution in [0, 0.1) is 6.92 Å². The highest BCUT2D eigenvalue weighted by Gasteiger charge is 2.35. The van der Waals surface area contributed by atoms with Gasteiger partial charge in [0.05, 0.1) is 6.04 Å². The monoisotopic (exact) mass is 471 g/mol. The summed E-state index contributed by atoms with van der Waals surface area (Å²) in [6.07, 6.45) is 4.68. The number of amides is 2. The Balaban J connectivity index is 3.32. The molecule has 1 rings (SSSR count). The second kappa shape index (κ2) is 13.7. The number of ether oxygens (including phenoxy) is 1. The molecule has 0 spiro atoms. The summed E-state index contributed by atoms with van der Waals surface area (Å²) in [6, 6.07) is 6.57. The molecule has 2 amide bonds. The summed E-state index contributed by atoms with van der Waals surface area (Å²) in [6.45, 7) is 15.0. The molecule has 0 radical (unpaired) electrons. The molecule has 188 valence electrons. The van der Waals surface area contributed by atoms with Gasteiger partial charge >= 0.3 is 5.97 Å². The summed E-state index contributed by atoms with van der Waals surface area (Å²) in [5.41, 5.74) is 1.38. The Bertz CT molecular complexity index is 842. The van der Waals surface area contributed by atoms with Gasteiger partial charge in [-0.15, -0.1) is 13.2 Å². The van der Waals surface area contributed by atoms with E-state index in [1.54, 1.807) is 51.9 Å². The van der Waals surface area contributed by atoms with Crippen LogP contribution < -0.4 is 5.32 Å². The summed E-state index contributed by atoms with van der Waals surface area (Å²) in [5.74, 6) is -1.01. The fourth-order valence-corrected chi connectivity index (χ4v) is 3.54. The molecule has 7 heteroatoms. The van der Waals surface area contributed by atoms with Crippen LogP contribution in [0.2, 0.25) is 0 Å². The van der Waals surface area contributed by atoms with Gasteiger partial charge in [0.25, 0.3) is 0 Å². The standard InChI is InChI=1S/C27H41N3O4/c1-9-11-17-30(25(32)22(28-7)12-10-2)23(18-21-15-13-20(3)14-16-21)26(33)29(8)19-24(31)34-27(4,5)6/h9-10,13-16,22-23,28H,1-2,11-12,17-19H2,3-8H3/t22-,23-/m0/s1. The molecule has 0 saturated carbocycles. The lowest BCUT2D eigenvalue weighted by atomic mass is 10.0. The van der Waals surface area contributed by atoms with Gasteiger partial charge in [-0.3, -0.25) is 14.4 Å². The summed E-state index contributed by atoms with van der Waals surface area (Å²) in [5, 5.41) is 3.02. The van der Waals surface area contributed by atoms with Crippen LogP contribution in [0.1, 0.15) is 44.7 Å². The molecule has 7 nitrogen and oxygen atoms in total. The van der Waals surface area contributed by atoms with E-state index < -0.39 is 23.7 Å². The first-order valence-corrected chi connectivity index (χ1v) is 11.6. The van der Waals surface area contributed by atoms with E-state index in [1.165, 1.54) is 4.90 Å². The lowest BCUT2D eigenvalue weighted by Gasteiger charge is -2.35. The van der Waals surface area contributed by atoms with Crippen molar-refractivity contribution >= 4 is 17.8 Å². The zero-order valence-electron chi connectivity index (χ0n) is 21.6. The van der Waals surface area contributed by atoms with Gasteiger partial charge in [-0.05, 0) is 53.1 Å². The molecule has 2 atom stereocenters. The van der Waals surface area contributed by atoms with E-state index in [9.17, 15) is 14.4 Å². The van der Waals surface area contributed by atoms with Crippen LogP contribution >= 0.6 is 0 Å². The van der Waals surface area contributed by atoms with Gasteiger partial charge in [0.1, 0.15) is 18.2 Å². The maximum atomic E-state index is 13.7. The van der Waals surface area contributed by atoms with Crippen molar-refractivity contribution in [1.29, 1.82) is 0 Å². The molecular weight excluding hydrogens is 430 g/mol. The molecule has 0 fully saturated rings. The zero-order valence-corrected chi connectivity index (χ0v) is 21.6. The maximum absolute atomic E-state index is 13.7. The molecule has 0 aliphatic rings. The average molecular weight is 472 g/mol. The fraction of sp³-hybridized carbons (Fsp3) is 0.519. The van der Waals surface area contributed by atoms with E-state index in [2.05, 4.69) is 18.5 Å². The Morgan fingerprint density at radius 1 is 1.09 bits per heavy atom. The number of esters is 1. The number of aryl methyl sites for hydroxylation is 1. The lowest BCUT2D eigenvalue weighted by Crippen LogP contribution is -2.56. The predicted molar refractivity (Wildman–Crippen MR) is 136 cm³/mol. The van der Waals surface area contributed by atoms with Crippen LogP contribution in [-0.4, -0.2) is 72.5 Å². The topological polar surface area (TPSA) is 79.0 Å². The van der Waals surface area contributed by atoms with Gasteiger partial charge in [0, 0.05) is 20.0 Å². The van der Waals surface area contributed by atoms with Crippen molar-refractivity contribution in [3.8, 4) is 0 Å². The Kier molecular flexibility index (Phi) is 11.7. The number of likely N-dealkylation sites (N-methyl/N-ethyl adjacent to an activating group) is 2. The highest BCUT2D eigenvalue weighted by Crippen LogP contribution is 2.17. The van der Waals surface area contributed by atoms with Crippen LogP contribution in [0.15, 0.2) is 49.6 Å². The quantitative estimate of drug-likeness (QED) is 0.353. The smallest absolute Gasteiger partial charge is 0.326 e. The number of carbonyl (C=O) groups is 3. The fourth-order valence-electron chi connectivity index (χ4n) is 3.54. The van der Waals surface area contributed by atoms with E-state index in [1.807, 2.05) is 31.2 Å². The predicted octanol–water partition coefficient (Wildman–Crippen LogP) is 3.28. The second-order valence-corrected chi connectivity index (χ2v) is 9.46. The van der Waals surface area contributed by atoms with Crippen LogP contribution in [0.4, 0.5) is 0 Å². The van der Waals surface area contributed by atoms with Gasteiger partial charge in [-0.1, -0.05) is 42.0 Å². The Hall–Kier alpha value is -2.93. The normalized spacial score (nSPS) is 12.9. The minimum absolute atomic E-state index is 0.194. The Morgan fingerprint density at radius 2 is 1.71 bits per heavy atom. The lowest BCUT2D eigenvalue weighted by molar-refractivity contribution is -0.159. The molecule has 0 aliphatic heterocycles. The SMILES string of the molecule is C=CCCN(C(=O)[C@H](CC=C)NC)[C@@H](Cc1ccc(C)cc1)C(=O)N(C)CC(=O)OC(C)(C)C. The van der Waals surface area contributed by atoms with Gasteiger partial charge in [0.2, 0.25) is 11.8 Å². The number of carbonyl (C=O) groups excluding carboxylic acids is 3. The van der Waals surface area contributed by atoms with Crippen molar-refractivity contribution in [2.24, 2.45) is 0 Å². The summed E-state index contributed by atoms with van der Waals surface area (Å²) < 4.78 is 5.38. The minimum Gasteiger partial charge on any atom is -0.459 e. The first-order chi connectivity index (χ1) is 15.9. The highest BCUT2D eigenvalue weighted by atomic mass is 16.6. The number of hydrogen-bond donors (Lipinski definition) is 1. The molecule has 1 N–H and O–H groups in total. The molecule has 0 saturated heterocycles. The third-order valence-electron chi connectivity index (χ3n) is 5.28. The number of nitrogens with zero attached hydrogens (tertiary/aromatic N) is 2. The molecule has 0 heterocycles. The van der Waals surface area contributed by atoms with Gasteiger partial charge in [-0.25, -0.2) is 0 Å². The largest absolute Gasteiger partial charge is 0.459 e. The summed E-state index contributed by atoms with van der Waals surface area (Å²) in [7, 11) is 3.27. The highest BCUT2D eigenvalue weighted by molar-refractivity contribution is 5.91. The number of benzene rings is 1. The molecule has 1 aromatic carbocycles. The van der Waals surface area contributed by atoms with Crippen molar-refractivity contribution in [2.45, 2.75) is 64.6 Å². The average Bonchev–Trinajstić information content (AvgIpc) is 2.76. The Morgan fingerprint density at radius 3 is 2.21 bits per heavy atom. The third-order valence-corrected chi connectivity index (χ3v) is 5.28. The van der Waals surface area contributed by atoms with E-state index in [-0.39, 0.29) is 18.4 Å². The van der Waals surface area contributed by atoms with Crippen molar-refractivity contribution < 1.29 is 19.1 Å². The molecule has 34 heavy (non-hydrogen) atoms. The first-order valence-electron chi connectivity index (χ1n) is 11.6.